The van der Waals surface area contributed by atoms with Crippen molar-refractivity contribution in [3.05, 3.63) is 12.2 Å². The van der Waals surface area contributed by atoms with Gasteiger partial charge in [-0.25, -0.2) is 9.59 Å². The first-order valence-corrected chi connectivity index (χ1v) is 4.66. The predicted octanol–water partition coefficient (Wildman–Crippen LogP) is 0.762. The highest BCUT2D eigenvalue weighted by Crippen LogP contribution is 1.94. The summed E-state index contributed by atoms with van der Waals surface area (Å²) in [5.41, 5.74) is 0. The van der Waals surface area contributed by atoms with Crippen LogP contribution in [0, 0.1) is 5.92 Å². The molecule has 15 heavy (non-hydrogen) atoms. The van der Waals surface area contributed by atoms with E-state index < -0.39 is 11.9 Å². The Morgan fingerprint density at radius 1 is 1.20 bits per heavy atom. The lowest BCUT2D eigenvalue weighted by Crippen LogP contribution is -2.17. The standard InChI is InChI=1S/C10H17NO4/c1-8(2)7-14-9(12)5-6-10(13)15-11(3)4/h5-6,8H,7H2,1-4H3/b6-5+. The van der Waals surface area contributed by atoms with Crippen LogP contribution in [-0.2, 0) is 19.2 Å². The summed E-state index contributed by atoms with van der Waals surface area (Å²) >= 11 is 0. The van der Waals surface area contributed by atoms with Crippen molar-refractivity contribution in [1.82, 2.24) is 5.06 Å². The molecule has 86 valence electrons. The number of carbonyl (C=O) groups excluding carboxylic acids is 2. The Morgan fingerprint density at radius 2 is 1.73 bits per heavy atom. The summed E-state index contributed by atoms with van der Waals surface area (Å²) in [5, 5.41) is 1.24. The van der Waals surface area contributed by atoms with E-state index in [-0.39, 0.29) is 5.92 Å². The lowest BCUT2D eigenvalue weighted by molar-refractivity contribution is -0.171. The maximum Gasteiger partial charge on any atom is 0.349 e. The fourth-order valence-corrected chi connectivity index (χ4v) is 0.643. The van der Waals surface area contributed by atoms with Crippen LogP contribution in [0.2, 0.25) is 0 Å². The zero-order valence-corrected chi connectivity index (χ0v) is 9.52. The summed E-state index contributed by atoms with van der Waals surface area (Å²) < 4.78 is 4.81. The Hall–Kier alpha value is -1.36. The number of ether oxygens (including phenoxy) is 1. The van der Waals surface area contributed by atoms with E-state index in [1.165, 1.54) is 5.06 Å². The number of esters is 1. The van der Waals surface area contributed by atoms with Crippen LogP contribution < -0.4 is 0 Å². The fourth-order valence-electron chi connectivity index (χ4n) is 0.643. The number of carbonyl (C=O) groups is 2. The maximum absolute atomic E-state index is 11.0. The van der Waals surface area contributed by atoms with E-state index in [2.05, 4.69) is 4.84 Å². The van der Waals surface area contributed by atoms with Crippen LogP contribution in [0.5, 0.6) is 0 Å². The van der Waals surface area contributed by atoms with Crippen molar-refractivity contribution in [2.75, 3.05) is 20.7 Å². The van der Waals surface area contributed by atoms with Gasteiger partial charge < -0.3 is 9.57 Å². The molecule has 0 spiro atoms. The van der Waals surface area contributed by atoms with Gasteiger partial charge in [-0.15, -0.1) is 5.06 Å². The first kappa shape index (κ1) is 13.6. The van der Waals surface area contributed by atoms with Crippen molar-refractivity contribution in [3.63, 3.8) is 0 Å². The van der Waals surface area contributed by atoms with Gasteiger partial charge >= 0.3 is 11.9 Å². The monoisotopic (exact) mass is 215 g/mol. The van der Waals surface area contributed by atoms with Crippen molar-refractivity contribution in [1.29, 1.82) is 0 Å². The Labute approximate surface area is 89.6 Å². The normalized spacial score (nSPS) is 11.1. The first-order chi connectivity index (χ1) is 6.91. The quantitative estimate of drug-likeness (QED) is 0.385. The number of rotatable bonds is 5. The number of hydroxylamine groups is 2. The van der Waals surface area contributed by atoms with Crippen molar-refractivity contribution in [2.24, 2.45) is 5.92 Å². The maximum atomic E-state index is 11.0. The molecule has 0 unspecified atom stereocenters. The van der Waals surface area contributed by atoms with Crippen LogP contribution in [0.3, 0.4) is 0 Å². The minimum Gasteiger partial charge on any atom is -0.462 e. The van der Waals surface area contributed by atoms with Crippen LogP contribution in [0.1, 0.15) is 13.8 Å². The molecule has 5 heteroatoms. The molecule has 0 rings (SSSR count). The van der Waals surface area contributed by atoms with Gasteiger partial charge in [0.1, 0.15) is 0 Å². The SMILES string of the molecule is CC(C)COC(=O)/C=C/C(=O)ON(C)C. The van der Waals surface area contributed by atoms with Gasteiger partial charge in [0.2, 0.25) is 0 Å². The summed E-state index contributed by atoms with van der Waals surface area (Å²) in [6, 6.07) is 0. The average molecular weight is 215 g/mol. The smallest absolute Gasteiger partial charge is 0.349 e. The van der Waals surface area contributed by atoms with E-state index in [0.29, 0.717) is 6.61 Å². The van der Waals surface area contributed by atoms with Gasteiger partial charge in [-0.3, -0.25) is 0 Å². The van der Waals surface area contributed by atoms with Crippen molar-refractivity contribution < 1.29 is 19.2 Å². The number of nitrogens with zero attached hydrogens (tertiary/aromatic N) is 1. The van der Waals surface area contributed by atoms with Crippen molar-refractivity contribution in [2.45, 2.75) is 13.8 Å². The van der Waals surface area contributed by atoms with Gasteiger partial charge in [0, 0.05) is 26.2 Å². The molecule has 0 aromatic carbocycles. The molecule has 0 aromatic rings. The third-order valence-corrected chi connectivity index (χ3v) is 1.19. The van der Waals surface area contributed by atoms with Gasteiger partial charge in [-0.2, -0.15) is 0 Å². The van der Waals surface area contributed by atoms with E-state index in [1.54, 1.807) is 14.1 Å². The molecule has 0 saturated carbocycles. The number of hydrogen-bond acceptors (Lipinski definition) is 5. The Bertz CT molecular complexity index is 246. The zero-order valence-electron chi connectivity index (χ0n) is 9.52. The molecule has 0 heterocycles. The molecule has 0 saturated heterocycles. The molecule has 0 aliphatic heterocycles. The number of hydrogen-bond donors (Lipinski definition) is 0. The van der Waals surface area contributed by atoms with Crippen LogP contribution in [0.25, 0.3) is 0 Å². The molecule has 0 aromatic heterocycles. The van der Waals surface area contributed by atoms with E-state index in [0.717, 1.165) is 12.2 Å². The molecule has 0 aliphatic carbocycles. The van der Waals surface area contributed by atoms with Gasteiger partial charge in [0.15, 0.2) is 0 Å². The van der Waals surface area contributed by atoms with Gasteiger partial charge in [-0.05, 0) is 5.92 Å². The van der Waals surface area contributed by atoms with E-state index in [9.17, 15) is 9.59 Å². The average Bonchev–Trinajstić information content (AvgIpc) is 2.10. The summed E-state index contributed by atoms with van der Waals surface area (Å²) in [6.45, 7) is 4.19. The summed E-state index contributed by atoms with van der Waals surface area (Å²) in [6.07, 6.45) is 2.08. The lowest BCUT2D eigenvalue weighted by Gasteiger charge is -2.07. The highest BCUT2D eigenvalue weighted by Gasteiger charge is 2.03. The zero-order chi connectivity index (χ0) is 11.8. The minimum absolute atomic E-state index is 0.274. The van der Waals surface area contributed by atoms with Gasteiger partial charge in [-0.1, -0.05) is 13.8 Å². The molecular weight excluding hydrogens is 198 g/mol. The Balaban J connectivity index is 3.85. The third kappa shape index (κ3) is 8.96. The second-order valence-electron chi connectivity index (χ2n) is 3.58. The van der Waals surface area contributed by atoms with E-state index in [4.69, 9.17) is 4.74 Å². The second kappa shape index (κ2) is 7.00. The lowest BCUT2D eigenvalue weighted by atomic mass is 10.2. The Kier molecular flexibility index (Phi) is 6.37. The molecule has 0 radical (unpaired) electrons. The summed E-state index contributed by atoms with van der Waals surface area (Å²) in [7, 11) is 3.14. The molecule has 0 N–H and O–H groups in total. The second-order valence-corrected chi connectivity index (χ2v) is 3.58. The van der Waals surface area contributed by atoms with Crippen LogP contribution in [-0.4, -0.2) is 37.7 Å². The van der Waals surface area contributed by atoms with Crippen LogP contribution >= 0.6 is 0 Å². The van der Waals surface area contributed by atoms with E-state index >= 15 is 0 Å². The molecule has 0 atom stereocenters. The largest absolute Gasteiger partial charge is 0.462 e. The van der Waals surface area contributed by atoms with Gasteiger partial charge in [0.25, 0.3) is 0 Å². The summed E-state index contributed by atoms with van der Waals surface area (Å²) in [4.78, 5) is 26.6. The summed E-state index contributed by atoms with van der Waals surface area (Å²) in [5.74, 6) is -0.878. The highest BCUT2D eigenvalue weighted by atomic mass is 16.7. The van der Waals surface area contributed by atoms with Gasteiger partial charge in [0.05, 0.1) is 6.61 Å². The first-order valence-electron chi connectivity index (χ1n) is 4.66. The van der Waals surface area contributed by atoms with E-state index in [1.807, 2.05) is 13.8 Å². The Morgan fingerprint density at radius 3 is 2.20 bits per heavy atom. The highest BCUT2D eigenvalue weighted by molar-refractivity contribution is 5.91. The fraction of sp³-hybridized carbons (Fsp3) is 0.600. The molecule has 0 amide bonds. The molecule has 0 aliphatic rings. The molecule has 0 fully saturated rings. The molecule has 5 nitrogen and oxygen atoms in total. The van der Waals surface area contributed by atoms with Crippen molar-refractivity contribution >= 4 is 11.9 Å². The third-order valence-electron chi connectivity index (χ3n) is 1.19. The van der Waals surface area contributed by atoms with Crippen LogP contribution in [0.15, 0.2) is 12.2 Å². The van der Waals surface area contributed by atoms with Crippen LogP contribution in [0.4, 0.5) is 0 Å². The molecular formula is C10H17NO4. The minimum atomic E-state index is -0.610. The topological polar surface area (TPSA) is 55.8 Å². The predicted molar refractivity (Wildman–Crippen MR) is 54.7 cm³/mol. The van der Waals surface area contributed by atoms with Crippen molar-refractivity contribution in [3.8, 4) is 0 Å². The molecule has 0 bridgehead atoms.